The number of aromatic amines is 1. The number of ketones is 2. The van der Waals surface area contributed by atoms with Crippen LogP contribution in [0.5, 0.6) is 0 Å². The smallest absolute Gasteiger partial charge is 0.269 e. The van der Waals surface area contributed by atoms with Gasteiger partial charge in [0.1, 0.15) is 11.4 Å². The minimum Gasteiger partial charge on any atom is -0.354 e. The number of nitrogens with one attached hydrogen (secondary N) is 2. The number of thioether (sulfide) groups is 1. The summed E-state index contributed by atoms with van der Waals surface area (Å²) in [7, 11) is 1.45. The van der Waals surface area contributed by atoms with Crippen LogP contribution in [0.4, 0.5) is 0 Å². The van der Waals surface area contributed by atoms with E-state index in [0.717, 1.165) is 0 Å². The average Bonchev–Trinajstić information content (AvgIpc) is 2.79. The summed E-state index contributed by atoms with van der Waals surface area (Å²) in [6, 6.07) is 0. The molecule has 2 rings (SSSR count). The predicted octanol–water partition coefficient (Wildman–Crippen LogP) is 1.17. The highest BCUT2D eigenvalue weighted by atomic mass is 32.2. The summed E-state index contributed by atoms with van der Waals surface area (Å²) in [5.74, 6) is -1.16. The standard InChI is InChI=1S/C12H13N3O3S/c1-5(2)19-7-4-6(16)9-8(11(7)17)10(15-14-9)12(18)13-3/h4-5H,1-3H3,(H,13,18)(H,14,15). The van der Waals surface area contributed by atoms with Gasteiger partial charge in [0.15, 0.2) is 0 Å². The van der Waals surface area contributed by atoms with Gasteiger partial charge in [-0.15, -0.1) is 11.8 Å². The van der Waals surface area contributed by atoms with Crippen molar-refractivity contribution in [3.8, 4) is 0 Å². The summed E-state index contributed by atoms with van der Waals surface area (Å²) in [4.78, 5) is 36.2. The molecule has 0 saturated carbocycles. The largest absolute Gasteiger partial charge is 0.354 e. The highest BCUT2D eigenvalue weighted by molar-refractivity contribution is 8.04. The summed E-state index contributed by atoms with van der Waals surface area (Å²) in [5, 5.41) is 8.79. The molecule has 1 amide bonds. The Labute approximate surface area is 114 Å². The fraction of sp³-hybridized carbons (Fsp3) is 0.333. The highest BCUT2D eigenvalue weighted by Gasteiger charge is 2.33. The molecule has 6 nitrogen and oxygen atoms in total. The molecular formula is C12H13N3O3S. The first-order valence-electron chi connectivity index (χ1n) is 5.73. The molecule has 0 radical (unpaired) electrons. The van der Waals surface area contributed by atoms with Crippen molar-refractivity contribution < 1.29 is 14.4 Å². The number of amides is 1. The Hall–Kier alpha value is -1.89. The van der Waals surface area contributed by atoms with Gasteiger partial charge in [-0.3, -0.25) is 19.5 Å². The monoisotopic (exact) mass is 279 g/mol. The average molecular weight is 279 g/mol. The first-order valence-corrected chi connectivity index (χ1v) is 6.61. The molecule has 0 aromatic carbocycles. The van der Waals surface area contributed by atoms with Crippen molar-refractivity contribution in [1.82, 2.24) is 15.5 Å². The van der Waals surface area contributed by atoms with Gasteiger partial charge in [-0.2, -0.15) is 5.10 Å². The zero-order chi connectivity index (χ0) is 14.2. The van der Waals surface area contributed by atoms with Crippen molar-refractivity contribution in [2.45, 2.75) is 19.1 Å². The summed E-state index contributed by atoms with van der Waals surface area (Å²) in [6.07, 6.45) is 1.28. The van der Waals surface area contributed by atoms with Crippen molar-refractivity contribution in [2.75, 3.05) is 7.05 Å². The van der Waals surface area contributed by atoms with Gasteiger partial charge in [0.2, 0.25) is 11.6 Å². The second-order valence-electron chi connectivity index (χ2n) is 4.27. The second-order valence-corrected chi connectivity index (χ2v) is 5.89. The van der Waals surface area contributed by atoms with Gasteiger partial charge < -0.3 is 5.32 Å². The van der Waals surface area contributed by atoms with E-state index in [-0.39, 0.29) is 33.8 Å². The highest BCUT2D eigenvalue weighted by Crippen LogP contribution is 2.31. The van der Waals surface area contributed by atoms with E-state index in [1.165, 1.54) is 24.9 Å². The van der Waals surface area contributed by atoms with E-state index in [9.17, 15) is 14.4 Å². The lowest BCUT2D eigenvalue weighted by molar-refractivity contribution is 0.0945. The Morgan fingerprint density at radius 3 is 2.68 bits per heavy atom. The number of carbonyl (C=O) groups excluding carboxylic acids is 3. The molecule has 1 heterocycles. The van der Waals surface area contributed by atoms with Crippen LogP contribution in [0.3, 0.4) is 0 Å². The Morgan fingerprint density at radius 1 is 1.42 bits per heavy atom. The van der Waals surface area contributed by atoms with Gasteiger partial charge in [0, 0.05) is 18.4 Å². The fourth-order valence-corrected chi connectivity index (χ4v) is 2.64. The van der Waals surface area contributed by atoms with Crippen LogP contribution in [0.1, 0.15) is 45.2 Å². The van der Waals surface area contributed by atoms with Crippen LogP contribution < -0.4 is 5.32 Å². The van der Waals surface area contributed by atoms with Gasteiger partial charge >= 0.3 is 0 Å². The quantitative estimate of drug-likeness (QED) is 0.866. The normalized spacial score (nSPS) is 14.4. The number of fused-ring (bicyclic) bond motifs is 1. The molecule has 0 spiro atoms. The molecule has 1 aliphatic rings. The minimum absolute atomic E-state index is 0.0108. The third kappa shape index (κ3) is 2.33. The maximum Gasteiger partial charge on any atom is 0.269 e. The van der Waals surface area contributed by atoms with E-state index in [0.29, 0.717) is 4.91 Å². The molecule has 0 atom stereocenters. The lowest BCUT2D eigenvalue weighted by Crippen LogP contribution is -2.23. The zero-order valence-corrected chi connectivity index (χ0v) is 11.6. The lowest BCUT2D eigenvalue weighted by Gasteiger charge is -2.13. The van der Waals surface area contributed by atoms with Gasteiger partial charge in [0.05, 0.1) is 10.5 Å². The van der Waals surface area contributed by atoms with Crippen LogP contribution in [-0.2, 0) is 0 Å². The maximum atomic E-state index is 12.3. The molecule has 19 heavy (non-hydrogen) atoms. The number of H-pyrrole nitrogens is 1. The van der Waals surface area contributed by atoms with Crippen molar-refractivity contribution in [1.29, 1.82) is 0 Å². The van der Waals surface area contributed by atoms with Crippen LogP contribution in [0, 0.1) is 0 Å². The van der Waals surface area contributed by atoms with Crippen LogP contribution in [0.2, 0.25) is 0 Å². The SMILES string of the molecule is CNC(=O)c1[nH]nc2c1C(=O)C(SC(C)C)=CC2=O. The lowest BCUT2D eigenvalue weighted by atomic mass is 9.99. The minimum atomic E-state index is -0.467. The molecule has 0 saturated heterocycles. The molecule has 0 fully saturated rings. The Morgan fingerprint density at radius 2 is 2.11 bits per heavy atom. The molecule has 2 N–H and O–H groups in total. The fourth-order valence-electron chi connectivity index (χ4n) is 1.75. The van der Waals surface area contributed by atoms with E-state index < -0.39 is 5.91 Å². The van der Waals surface area contributed by atoms with Gasteiger partial charge in [-0.1, -0.05) is 13.8 Å². The number of nitrogens with zero attached hydrogens (tertiary/aromatic N) is 1. The summed E-state index contributed by atoms with van der Waals surface area (Å²) < 4.78 is 0. The van der Waals surface area contributed by atoms with Crippen LogP contribution in [0.25, 0.3) is 0 Å². The van der Waals surface area contributed by atoms with Crippen molar-refractivity contribution >= 4 is 29.2 Å². The summed E-state index contributed by atoms with van der Waals surface area (Å²) in [5.41, 5.74) is 0.109. The van der Waals surface area contributed by atoms with E-state index >= 15 is 0 Å². The Bertz CT molecular complexity index is 601. The number of aromatic nitrogens is 2. The third-order valence-corrected chi connectivity index (χ3v) is 3.56. The van der Waals surface area contributed by atoms with E-state index in [4.69, 9.17) is 0 Å². The number of hydrogen-bond acceptors (Lipinski definition) is 5. The van der Waals surface area contributed by atoms with Gasteiger partial charge in [-0.05, 0) is 0 Å². The molecule has 1 aromatic rings. The third-order valence-electron chi connectivity index (χ3n) is 2.53. The van der Waals surface area contributed by atoms with Gasteiger partial charge in [0.25, 0.3) is 5.91 Å². The van der Waals surface area contributed by atoms with Crippen molar-refractivity contribution in [3.63, 3.8) is 0 Å². The second kappa shape index (κ2) is 5.00. The first kappa shape index (κ1) is 13.5. The Kier molecular flexibility index (Phi) is 3.57. The van der Waals surface area contributed by atoms with Crippen LogP contribution >= 0.6 is 11.8 Å². The molecule has 0 bridgehead atoms. The van der Waals surface area contributed by atoms with E-state index in [1.807, 2.05) is 13.8 Å². The molecule has 0 aliphatic heterocycles. The predicted molar refractivity (Wildman–Crippen MR) is 71.4 cm³/mol. The maximum absolute atomic E-state index is 12.3. The topological polar surface area (TPSA) is 91.9 Å². The van der Waals surface area contributed by atoms with Crippen molar-refractivity contribution in [2.24, 2.45) is 0 Å². The first-order chi connectivity index (χ1) is 8.95. The van der Waals surface area contributed by atoms with Crippen LogP contribution in [-0.4, -0.2) is 40.0 Å². The number of rotatable bonds is 3. The van der Waals surface area contributed by atoms with Crippen LogP contribution in [0.15, 0.2) is 11.0 Å². The zero-order valence-electron chi connectivity index (χ0n) is 10.7. The number of hydrogen-bond donors (Lipinski definition) is 2. The summed E-state index contributed by atoms with van der Waals surface area (Å²) >= 11 is 1.30. The number of allylic oxidation sites excluding steroid dienone is 2. The number of Topliss-reactive ketones (excluding diaryl/α,β-unsaturated/α-hetero) is 1. The number of carbonyl (C=O) groups is 3. The molecule has 100 valence electrons. The molecule has 0 unspecified atom stereocenters. The van der Waals surface area contributed by atoms with E-state index in [2.05, 4.69) is 15.5 Å². The molecular weight excluding hydrogens is 266 g/mol. The summed E-state index contributed by atoms with van der Waals surface area (Å²) in [6.45, 7) is 3.85. The van der Waals surface area contributed by atoms with Gasteiger partial charge in [-0.25, -0.2) is 0 Å². The van der Waals surface area contributed by atoms with Crippen molar-refractivity contribution in [3.05, 3.63) is 27.9 Å². The molecule has 1 aliphatic carbocycles. The molecule has 7 heteroatoms. The van der Waals surface area contributed by atoms with E-state index in [1.54, 1.807) is 0 Å². The molecule has 1 aromatic heterocycles. The Balaban J connectivity index is 2.49.